The summed E-state index contributed by atoms with van der Waals surface area (Å²) in [5.41, 5.74) is 0. The van der Waals surface area contributed by atoms with Crippen LogP contribution in [0.4, 0.5) is 0 Å². The number of carbonyl (C=O) groups is 2. The van der Waals surface area contributed by atoms with E-state index < -0.39 is 33.4 Å². The Morgan fingerprint density at radius 1 is 1.06 bits per heavy atom. The summed E-state index contributed by atoms with van der Waals surface area (Å²) in [5, 5.41) is 17.6. The van der Waals surface area contributed by atoms with Crippen LogP contribution in [-0.2, 0) is 24.4 Å². The molecule has 0 saturated carbocycles. The molecule has 0 aliphatic heterocycles. The Hall–Kier alpha value is 1.81. The van der Waals surface area contributed by atoms with E-state index in [-0.39, 0.29) is 88.7 Å². The molecule has 0 aromatic carbocycles. The second-order valence-corrected chi connectivity index (χ2v) is 3.70. The average Bonchev–Trinajstić information content (AvgIpc) is 1.95. The number of carbonyl (C=O) groups excluding carboxylic acids is 2. The molecule has 0 amide bonds. The molecule has 12 heteroatoms. The number of hydrogen-bond donors (Lipinski definition) is 0. The molecule has 0 saturated heterocycles. The van der Waals surface area contributed by atoms with Gasteiger partial charge < -0.3 is 29.1 Å². The number of rotatable bonds is 5. The van der Waals surface area contributed by atoms with Crippen LogP contribution in [0.3, 0.4) is 0 Å². The minimum absolute atomic E-state index is 0. The standard InChI is InChI=1S/C5H8O8S.3Na/c1-13-2(4(6)7)3(5(8)9)14(10,11)12;;;/h2-3H,1H3,(H,6,7)(H,8,9)(H,10,11,12);;;/q;3*+1/p-3. The molecule has 0 fully saturated rings. The number of hydrogen-bond acceptors (Lipinski definition) is 8. The van der Waals surface area contributed by atoms with Crippen LogP contribution in [0, 0.1) is 0 Å². The SMILES string of the molecule is COC(C(=O)[O-])C(C(=O)[O-])S(=O)(=O)[O-].[Na+].[Na+].[Na+]. The van der Waals surface area contributed by atoms with Gasteiger partial charge in [0, 0.05) is 7.11 Å². The van der Waals surface area contributed by atoms with Crippen molar-refractivity contribution in [1.82, 2.24) is 0 Å². The summed E-state index contributed by atoms with van der Waals surface area (Å²) in [6, 6.07) is 0. The van der Waals surface area contributed by atoms with E-state index >= 15 is 0 Å². The Kier molecular flexibility index (Phi) is 18.6. The van der Waals surface area contributed by atoms with Crippen LogP contribution in [0.1, 0.15) is 0 Å². The van der Waals surface area contributed by atoms with Gasteiger partial charge in [-0.15, -0.1) is 0 Å². The molecule has 2 atom stereocenters. The van der Waals surface area contributed by atoms with Crippen molar-refractivity contribution in [3.05, 3.63) is 0 Å². The number of ether oxygens (including phenoxy) is 1. The average molecular weight is 294 g/mol. The maximum atomic E-state index is 10.3. The summed E-state index contributed by atoms with van der Waals surface area (Å²) in [4.78, 5) is 20.4. The van der Waals surface area contributed by atoms with Crippen LogP contribution in [0.25, 0.3) is 0 Å². The molecule has 82 valence electrons. The van der Waals surface area contributed by atoms with Gasteiger partial charge in [0.05, 0.1) is 11.9 Å². The van der Waals surface area contributed by atoms with Crippen molar-refractivity contribution in [2.24, 2.45) is 0 Å². The van der Waals surface area contributed by atoms with E-state index in [1.165, 1.54) is 0 Å². The fourth-order valence-corrected chi connectivity index (χ4v) is 1.50. The molecule has 8 nitrogen and oxygen atoms in total. The van der Waals surface area contributed by atoms with Crippen molar-refractivity contribution in [3.8, 4) is 0 Å². The fraction of sp³-hybridized carbons (Fsp3) is 0.600. The molecular weight excluding hydrogens is 289 g/mol. The smallest absolute Gasteiger partial charge is 0.747 e. The van der Waals surface area contributed by atoms with E-state index in [4.69, 9.17) is 0 Å². The molecule has 0 aromatic heterocycles. The summed E-state index contributed by atoms with van der Waals surface area (Å²) >= 11 is 0. The molecular formula is C5H5Na3O8S. The quantitative estimate of drug-likeness (QED) is 0.358. The van der Waals surface area contributed by atoms with Crippen LogP contribution in [0.15, 0.2) is 0 Å². The van der Waals surface area contributed by atoms with E-state index in [0.29, 0.717) is 0 Å². The number of carboxylic acids is 2. The van der Waals surface area contributed by atoms with E-state index in [1.54, 1.807) is 0 Å². The Morgan fingerprint density at radius 2 is 1.41 bits per heavy atom. The Balaban J connectivity index is -0.000000282. The Labute approximate surface area is 164 Å². The van der Waals surface area contributed by atoms with Gasteiger partial charge in [-0.05, 0) is 0 Å². The molecule has 0 rings (SSSR count). The molecule has 0 aliphatic carbocycles. The van der Waals surface area contributed by atoms with Crippen LogP contribution < -0.4 is 98.9 Å². The van der Waals surface area contributed by atoms with Crippen molar-refractivity contribution >= 4 is 22.1 Å². The topological polar surface area (TPSA) is 147 Å². The predicted octanol–water partition coefficient (Wildman–Crippen LogP) is -13.6. The van der Waals surface area contributed by atoms with Crippen molar-refractivity contribution in [2.45, 2.75) is 11.4 Å². The van der Waals surface area contributed by atoms with Gasteiger partial charge in [-0.25, -0.2) is 8.42 Å². The summed E-state index contributed by atoms with van der Waals surface area (Å²) in [5.74, 6) is -4.47. The minimum atomic E-state index is -5.38. The monoisotopic (exact) mass is 294 g/mol. The van der Waals surface area contributed by atoms with Gasteiger partial charge in [0.25, 0.3) is 0 Å². The molecule has 0 N–H and O–H groups in total. The predicted molar refractivity (Wildman–Crippen MR) is 34.3 cm³/mol. The first kappa shape index (κ1) is 27.2. The molecule has 0 heterocycles. The van der Waals surface area contributed by atoms with Gasteiger partial charge in [-0.3, -0.25) is 0 Å². The summed E-state index contributed by atoms with van der Waals surface area (Å²) in [7, 11) is -4.65. The van der Waals surface area contributed by atoms with Gasteiger partial charge in [-0.2, -0.15) is 0 Å². The third-order valence-corrected chi connectivity index (χ3v) is 2.37. The zero-order chi connectivity index (χ0) is 11.5. The zero-order valence-electron chi connectivity index (χ0n) is 9.83. The summed E-state index contributed by atoms with van der Waals surface area (Å²) < 4.78 is 35.0. The maximum absolute atomic E-state index is 10.3. The van der Waals surface area contributed by atoms with Gasteiger partial charge >= 0.3 is 88.7 Å². The number of aliphatic carboxylic acids is 2. The molecule has 0 aromatic rings. The molecule has 0 radical (unpaired) electrons. The fourth-order valence-electron chi connectivity index (χ4n) is 0.736. The van der Waals surface area contributed by atoms with E-state index in [1.807, 2.05) is 0 Å². The largest absolute Gasteiger partial charge is 1.00 e. The van der Waals surface area contributed by atoms with Gasteiger partial charge in [-0.1, -0.05) is 0 Å². The van der Waals surface area contributed by atoms with Crippen LogP contribution >= 0.6 is 0 Å². The molecule has 2 unspecified atom stereocenters. The number of carboxylic acid groups (broad SMARTS) is 2. The van der Waals surface area contributed by atoms with Gasteiger partial charge in [0.2, 0.25) is 0 Å². The second kappa shape index (κ2) is 11.6. The van der Waals surface area contributed by atoms with Crippen LogP contribution in [0.5, 0.6) is 0 Å². The summed E-state index contributed by atoms with van der Waals surface area (Å²) in [6.07, 6.45) is -2.39. The van der Waals surface area contributed by atoms with Crippen molar-refractivity contribution in [3.63, 3.8) is 0 Å². The third-order valence-electron chi connectivity index (χ3n) is 1.30. The van der Waals surface area contributed by atoms with E-state index in [2.05, 4.69) is 4.74 Å². The molecule has 0 bridgehead atoms. The third kappa shape index (κ3) is 9.36. The Bertz CT molecular complexity index is 341. The first-order chi connectivity index (χ1) is 6.21. The van der Waals surface area contributed by atoms with Crippen molar-refractivity contribution in [1.29, 1.82) is 0 Å². The van der Waals surface area contributed by atoms with Gasteiger partial charge in [0.1, 0.15) is 21.5 Å². The normalized spacial score (nSPS) is 13.1. The van der Waals surface area contributed by atoms with Crippen molar-refractivity contribution in [2.75, 3.05) is 7.11 Å². The zero-order valence-corrected chi connectivity index (χ0v) is 16.6. The van der Waals surface area contributed by atoms with Crippen LogP contribution in [-0.4, -0.2) is 43.4 Å². The second-order valence-electron chi connectivity index (χ2n) is 2.21. The van der Waals surface area contributed by atoms with Crippen LogP contribution in [0.2, 0.25) is 0 Å². The molecule has 0 aliphatic rings. The summed E-state index contributed by atoms with van der Waals surface area (Å²) in [6.45, 7) is 0. The molecule has 0 spiro atoms. The van der Waals surface area contributed by atoms with Gasteiger partial charge in [0.15, 0.2) is 0 Å². The Morgan fingerprint density at radius 3 is 1.47 bits per heavy atom. The first-order valence-electron chi connectivity index (χ1n) is 3.11. The minimum Gasteiger partial charge on any atom is -0.747 e. The van der Waals surface area contributed by atoms with E-state index in [9.17, 15) is 32.8 Å². The maximum Gasteiger partial charge on any atom is 1.00 e. The van der Waals surface area contributed by atoms with Crippen molar-refractivity contribution < 1.29 is 126 Å². The van der Waals surface area contributed by atoms with E-state index in [0.717, 1.165) is 7.11 Å². The molecule has 17 heavy (non-hydrogen) atoms. The number of methoxy groups -OCH3 is 1. The first-order valence-corrected chi connectivity index (χ1v) is 4.58.